The van der Waals surface area contributed by atoms with Crippen LogP contribution < -0.4 is 15.5 Å². The highest BCUT2D eigenvalue weighted by Crippen LogP contribution is 2.22. The maximum Gasteiger partial charge on any atom is 0.404 e. The van der Waals surface area contributed by atoms with Crippen molar-refractivity contribution >= 4 is 17.9 Å². The minimum Gasteiger partial charge on any atom is -0.465 e. The second-order valence-electron chi connectivity index (χ2n) is 7.08. The Balaban J connectivity index is 1.62. The molecule has 0 saturated carbocycles. The lowest BCUT2D eigenvalue weighted by Gasteiger charge is -2.37. The van der Waals surface area contributed by atoms with Crippen molar-refractivity contribution in [3.8, 4) is 0 Å². The first kappa shape index (κ1) is 18.3. The van der Waals surface area contributed by atoms with Crippen LogP contribution in [0, 0.1) is 0 Å². The number of benzene rings is 1. The van der Waals surface area contributed by atoms with Crippen molar-refractivity contribution in [3.05, 3.63) is 29.8 Å². The Hall–Kier alpha value is -2.48. The largest absolute Gasteiger partial charge is 0.465 e. The van der Waals surface area contributed by atoms with Crippen molar-refractivity contribution in [2.75, 3.05) is 31.1 Å². The Bertz CT molecular complexity index is 607. The Kier molecular flexibility index (Phi) is 5.82. The molecule has 2 aliphatic heterocycles. The second kappa shape index (κ2) is 8.27. The first-order valence-electron chi connectivity index (χ1n) is 9.05. The van der Waals surface area contributed by atoms with Gasteiger partial charge >= 0.3 is 12.2 Å². The lowest BCUT2D eigenvalue weighted by atomic mass is 10.00. The molecule has 2 fully saturated rings. The van der Waals surface area contributed by atoms with Crippen LogP contribution in [0.25, 0.3) is 0 Å². The van der Waals surface area contributed by atoms with Gasteiger partial charge in [0, 0.05) is 50.5 Å². The van der Waals surface area contributed by atoms with E-state index in [4.69, 9.17) is 10.2 Å². The molecule has 0 spiro atoms. The molecule has 2 amide bonds. The summed E-state index contributed by atoms with van der Waals surface area (Å²) in [7, 11) is 0. The first-order valence-corrected chi connectivity index (χ1v) is 9.05. The van der Waals surface area contributed by atoms with Crippen LogP contribution in [-0.4, -0.2) is 65.6 Å². The van der Waals surface area contributed by atoms with Crippen LogP contribution in [0.5, 0.6) is 0 Å². The topological polar surface area (TPSA) is 105 Å². The zero-order valence-electron chi connectivity index (χ0n) is 14.7. The molecular weight excluding hydrogens is 336 g/mol. The van der Waals surface area contributed by atoms with Crippen molar-refractivity contribution in [1.82, 2.24) is 15.5 Å². The van der Waals surface area contributed by atoms with Gasteiger partial charge in [-0.25, -0.2) is 9.59 Å². The molecule has 2 aliphatic rings. The maximum absolute atomic E-state index is 11.0. The maximum atomic E-state index is 11.0. The van der Waals surface area contributed by atoms with Gasteiger partial charge in [-0.1, -0.05) is 12.1 Å². The number of rotatable bonds is 5. The first-order chi connectivity index (χ1) is 12.5. The predicted molar refractivity (Wildman–Crippen MR) is 97.7 cm³/mol. The number of anilines is 1. The molecule has 2 unspecified atom stereocenters. The van der Waals surface area contributed by atoms with E-state index in [1.807, 2.05) is 0 Å². The van der Waals surface area contributed by atoms with Gasteiger partial charge in [0.15, 0.2) is 0 Å². The van der Waals surface area contributed by atoms with Gasteiger partial charge in [0.05, 0.1) is 0 Å². The fraction of sp³-hybridized carbons (Fsp3) is 0.556. The molecule has 8 heteroatoms. The number of nitrogens with one attached hydrogen (secondary N) is 2. The van der Waals surface area contributed by atoms with Crippen molar-refractivity contribution in [2.24, 2.45) is 0 Å². The molecule has 0 radical (unpaired) electrons. The molecule has 8 nitrogen and oxygen atoms in total. The van der Waals surface area contributed by atoms with E-state index >= 15 is 0 Å². The number of nitrogens with zero attached hydrogens (tertiary/aromatic N) is 2. The van der Waals surface area contributed by atoms with Gasteiger partial charge in [-0.05, 0) is 37.0 Å². The molecule has 4 N–H and O–H groups in total. The number of piperidine rings is 1. The van der Waals surface area contributed by atoms with Crippen LogP contribution >= 0.6 is 0 Å². The van der Waals surface area contributed by atoms with Crippen molar-refractivity contribution in [3.63, 3.8) is 0 Å². The Labute approximate surface area is 152 Å². The summed E-state index contributed by atoms with van der Waals surface area (Å²) in [5, 5.41) is 22.9. The predicted octanol–water partition coefficient (Wildman–Crippen LogP) is 1.76. The Morgan fingerprint density at radius 2 is 1.50 bits per heavy atom. The highest BCUT2D eigenvalue weighted by molar-refractivity contribution is 5.65. The summed E-state index contributed by atoms with van der Waals surface area (Å²) >= 11 is 0. The summed E-state index contributed by atoms with van der Waals surface area (Å²) < 4.78 is 0. The van der Waals surface area contributed by atoms with Gasteiger partial charge in [-0.15, -0.1) is 0 Å². The number of likely N-dealkylation sites (tertiary alicyclic amines) is 1. The minimum atomic E-state index is -1.08. The van der Waals surface area contributed by atoms with Gasteiger partial charge in [-0.3, -0.25) is 4.90 Å². The SMILES string of the molecule is O=C(O)NC1CC(NC(=O)O)CN(Cc2ccc(N3CCCC3)cc2)C1. The highest BCUT2D eigenvalue weighted by Gasteiger charge is 2.29. The number of amides is 2. The molecule has 2 atom stereocenters. The van der Waals surface area contributed by atoms with Gasteiger partial charge in [0.25, 0.3) is 0 Å². The van der Waals surface area contributed by atoms with Gasteiger partial charge in [0.1, 0.15) is 0 Å². The number of hydrogen-bond acceptors (Lipinski definition) is 4. The number of carbonyl (C=O) groups is 2. The summed E-state index contributed by atoms with van der Waals surface area (Å²) in [5.41, 5.74) is 2.37. The van der Waals surface area contributed by atoms with Crippen LogP contribution in [0.15, 0.2) is 24.3 Å². The average molecular weight is 362 g/mol. The van der Waals surface area contributed by atoms with E-state index in [1.165, 1.54) is 18.5 Å². The molecule has 1 aromatic carbocycles. The monoisotopic (exact) mass is 362 g/mol. The molecule has 0 bridgehead atoms. The van der Waals surface area contributed by atoms with E-state index in [9.17, 15) is 9.59 Å². The molecule has 2 saturated heterocycles. The zero-order valence-corrected chi connectivity index (χ0v) is 14.7. The van der Waals surface area contributed by atoms with Crippen LogP contribution in [0.1, 0.15) is 24.8 Å². The summed E-state index contributed by atoms with van der Waals surface area (Å²) in [4.78, 5) is 26.4. The Morgan fingerprint density at radius 1 is 0.962 bits per heavy atom. The van der Waals surface area contributed by atoms with Crippen molar-refractivity contribution in [2.45, 2.75) is 37.9 Å². The smallest absolute Gasteiger partial charge is 0.404 e. The number of hydrogen-bond donors (Lipinski definition) is 4. The van der Waals surface area contributed by atoms with E-state index in [2.05, 4.69) is 44.7 Å². The standard InChI is InChI=1S/C18H26N4O4/c23-17(24)19-14-9-15(20-18(25)26)12-21(11-14)10-13-3-5-16(6-4-13)22-7-1-2-8-22/h3-6,14-15,19-20H,1-2,7-12H2,(H,23,24)(H,25,26). The van der Waals surface area contributed by atoms with Gasteiger partial charge < -0.3 is 25.7 Å². The molecule has 2 heterocycles. The molecular formula is C18H26N4O4. The molecule has 3 rings (SSSR count). The van der Waals surface area contributed by atoms with Crippen LogP contribution in [0.3, 0.4) is 0 Å². The van der Waals surface area contributed by atoms with Gasteiger partial charge in [0.2, 0.25) is 0 Å². The summed E-state index contributed by atoms with van der Waals surface area (Å²) in [6.07, 6.45) is 0.779. The normalized spacial score (nSPS) is 23.6. The molecule has 26 heavy (non-hydrogen) atoms. The minimum absolute atomic E-state index is 0.290. The lowest BCUT2D eigenvalue weighted by Crippen LogP contribution is -2.56. The summed E-state index contributed by atoms with van der Waals surface area (Å²) in [6.45, 7) is 4.01. The van der Waals surface area contributed by atoms with E-state index < -0.39 is 12.2 Å². The highest BCUT2D eigenvalue weighted by atomic mass is 16.4. The fourth-order valence-corrected chi connectivity index (χ4v) is 3.92. The van der Waals surface area contributed by atoms with E-state index in [1.54, 1.807) is 0 Å². The Morgan fingerprint density at radius 3 is 2.00 bits per heavy atom. The third-order valence-electron chi connectivity index (χ3n) is 5.00. The molecule has 1 aromatic rings. The fourth-order valence-electron chi connectivity index (χ4n) is 3.92. The summed E-state index contributed by atoms with van der Waals surface area (Å²) in [5.74, 6) is 0. The van der Waals surface area contributed by atoms with Gasteiger partial charge in [-0.2, -0.15) is 0 Å². The molecule has 0 aromatic heterocycles. The van der Waals surface area contributed by atoms with E-state index in [0.717, 1.165) is 18.7 Å². The third-order valence-corrected chi connectivity index (χ3v) is 5.00. The van der Waals surface area contributed by atoms with Crippen molar-refractivity contribution < 1.29 is 19.8 Å². The third kappa shape index (κ3) is 5.01. The quantitative estimate of drug-likeness (QED) is 0.636. The summed E-state index contributed by atoms with van der Waals surface area (Å²) in [6, 6.07) is 7.88. The number of carboxylic acid groups (broad SMARTS) is 2. The van der Waals surface area contributed by atoms with Crippen LogP contribution in [-0.2, 0) is 6.54 Å². The lowest BCUT2D eigenvalue weighted by molar-refractivity contribution is 0.133. The van der Waals surface area contributed by atoms with E-state index in [0.29, 0.717) is 26.1 Å². The van der Waals surface area contributed by atoms with Crippen LogP contribution in [0.4, 0.5) is 15.3 Å². The van der Waals surface area contributed by atoms with E-state index in [-0.39, 0.29) is 12.1 Å². The van der Waals surface area contributed by atoms with Crippen molar-refractivity contribution in [1.29, 1.82) is 0 Å². The second-order valence-corrected chi connectivity index (χ2v) is 7.08. The molecule has 142 valence electrons. The zero-order chi connectivity index (χ0) is 18.5. The molecule has 0 aliphatic carbocycles. The average Bonchev–Trinajstić information content (AvgIpc) is 3.08. The van der Waals surface area contributed by atoms with Crippen LogP contribution in [0.2, 0.25) is 0 Å².